The molecule has 19 heavy (non-hydrogen) atoms. The second-order valence-corrected chi connectivity index (χ2v) is 6.32. The topological polar surface area (TPSA) is 64.4 Å². The first-order chi connectivity index (χ1) is 9.18. The third-order valence-electron chi connectivity index (χ3n) is 4.20. The van der Waals surface area contributed by atoms with Crippen LogP contribution in [-0.4, -0.2) is 31.2 Å². The van der Waals surface area contributed by atoms with Gasteiger partial charge in [-0.15, -0.1) is 0 Å². The van der Waals surface area contributed by atoms with Crippen molar-refractivity contribution in [1.82, 2.24) is 5.32 Å². The highest BCUT2D eigenvalue weighted by Gasteiger charge is 2.29. The van der Waals surface area contributed by atoms with Gasteiger partial charge in [-0.3, -0.25) is 4.79 Å². The number of rotatable bonds is 8. The summed E-state index contributed by atoms with van der Waals surface area (Å²) in [6.45, 7) is 2.37. The minimum absolute atomic E-state index is 0.103. The van der Waals surface area contributed by atoms with Gasteiger partial charge in [0.2, 0.25) is 5.91 Å². The first kappa shape index (κ1) is 14.8. The second kappa shape index (κ2) is 7.25. The van der Waals surface area contributed by atoms with Crippen LogP contribution in [-0.2, 0) is 9.53 Å². The van der Waals surface area contributed by atoms with Crippen molar-refractivity contribution < 1.29 is 9.53 Å². The van der Waals surface area contributed by atoms with Crippen molar-refractivity contribution in [3.63, 3.8) is 0 Å². The van der Waals surface area contributed by atoms with Crippen molar-refractivity contribution >= 4 is 5.91 Å². The monoisotopic (exact) mass is 268 g/mol. The molecule has 0 spiro atoms. The molecule has 0 unspecified atom stereocenters. The highest BCUT2D eigenvalue weighted by atomic mass is 16.5. The van der Waals surface area contributed by atoms with Crippen LogP contribution in [0, 0.1) is 5.92 Å². The lowest BCUT2D eigenvalue weighted by Gasteiger charge is -2.32. The average Bonchev–Trinajstić information content (AvgIpc) is 3.18. The largest absolute Gasteiger partial charge is 0.381 e. The smallest absolute Gasteiger partial charge is 0.221 e. The van der Waals surface area contributed by atoms with Crippen LogP contribution in [0.4, 0.5) is 0 Å². The van der Waals surface area contributed by atoms with E-state index in [4.69, 9.17) is 10.5 Å². The molecule has 0 atom stereocenters. The molecule has 2 rings (SSSR count). The molecule has 0 radical (unpaired) electrons. The van der Waals surface area contributed by atoms with E-state index in [9.17, 15) is 4.79 Å². The molecule has 110 valence electrons. The summed E-state index contributed by atoms with van der Waals surface area (Å²) in [5.41, 5.74) is 6.02. The van der Waals surface area contributed by atoms with Gasteiger partial charge < -0.3 is 15.8 Å². The molecule has 0 aromatic carbocycles. The average molecular weight is 268 g/mol. The minimum atomic E-state index is -0.245. The van der Waals surface area contributed by atoms with Crippen LogP contribution in [0.5, 0.6) is 0 Å². The third-order valence-corrected chi connectivity index (χ3v) is 4.20. The number of amides is 1. The number of hydrogen-bond donors (Lipinski definition) is 2. The van der Waals surface area contributed by atoms with E-state index < -0.39 is 0 Å². The van der Waals surface area contributed by atoms with Gasteiger partial charge in [-0.2, -0.15) is 0 Å². The number of nitrogens with one attached hydrogen (secondary N) is 1. The van der Waals surface area contributed by atoms with E-state index in [0.717, 1.165) is 38.4 Å². The van der Waals surface area contributed by atoms with E-state index in [1.54, 1.807) is 0 Å². The first-order valence-corrected chi connectivity index (χ1v) is 7.81. The molecule has 0 bridgehead atoms. The fourth-order valence-electron chi connectivity index (χ4n) is 2.75. The number of ether oxygens (including phenoxy) is 1. The van der Waals surface area contributed by atoms with Crippen LogP contribution in [0.2, 0.25) is 0 Å². The van der Waals surface area contributed by atoms with E-state index >= 15 is 0 Å². The lowest BCUT2D eigenvalue weighted by atomic mass is 9.80. The summed E-state index contributed by atoms with van der Waals surface area (Å²) in [7, 11) is 0. The fraction of sp³-hybridized carbons (Fsp3) is 0.933. The van der Waals surface area contributed by atoms with Gasteiger partial charge >= 0.3 is 0 Å². The summed E-state index contributed by atoms with van der Waals surface area (Å²) in [5.74, 6) is 0.921. The second-order valence-electron chi connectivity index (χ2n) is 6.32. The standard InChI is InChI=1S/C15H28N2O2/c16-15(7-2-1-3-8-15)11-14(18)17-9-4-10-19-12-13-5-6-13/h13H,1-12,16H2,(H,17,18). The molecule has 4 heteroatoms. The first-order valence-electron chi connectivity index (χ1n) is 7.81. The minimum Gasteiger partial charge on any atom is -0.381 e. The molecular weight excluding hydrogens is 240 g/mol. The zero-order valence-corrected chi connectivity index (χ0v) is 12.0. The molecule has 1 amide bonds. The Hall–Kier alpha value is -0.610. The van der Waals surface area contributed by atoms with Crippen molar-refractivity contribution in [2.45, 2.75) is 63.3 Å². The number of hydrogen-bond acceptors (Lipinski definition) is 3. The number of carbonyl (C=O) groups excluding carboxylic acids is 1. The SMILES string of the molecule is NC1(CC(=O)NCCCOCC2CC2)CCCCC1. The van der Waals surface area contributed by atoms with Crippen molar-refractivity contribution in [2.24, 2.45) is 11.7 Å². The van der Waals surface area contributed by atoms with Crippen molar-refractivity contribution in [3.05, 3.63) is 0 Å². The summed E-state index contributed by atoms with van der Waals surface area (Å²) in [5, 5.41) is 2.96. The van der Waals surface area contributed by atoms with Gasteiger partial charge in [0, 0.05) is 31.7 Å². The molecule has 2 aliphatic carbocycles. The Kier molecular flexibility index (Phi) is 5.64. The van der Waals surface area contributed by atoms with Crippen LogP contribution in [0.1, 0.15) is 57.8 Å². The predicted molar refractivity (Wildman–Crippen MR) is 75.8 cm³/mol. The Bertz CT molecular complexity index is 284. The molecule has 2 fully saturated rings. The summed E-state index contributed by atoms with van der Waals surface area (Å²) in [4.78, 5) is 11.8. The van der Waals surface area contributed by atoms with Gasteiger partial charge in [0.15, 0.2) is 0 Å². The lowest BCUT2D eigenvalue weighted by Crippen LogP contribution is -2.46. The lowest BCUT2D eigenvalue weighted by molar-refractivity contribution is -0.122. The Labute approximate surface area is 116 Å². The van der Waals surface area contributed by atoms with Crippen LogP contribution in [0.3, 0.4) is 0 Å². The van der Waals surface area contributed by atoms with Gasteiger partial charge in [-0.05, 0) is 38.0 Å². The Balaban J connectivity index is 1.48. The van der Waals surface area contributed by atoms with Crippen LogP contribution in [0.25, 0.3) is 0 Å². The zero-order chi connectivity index (χ0) is 13.6. The zero-order valence-electron chi connectivity index (χ0n) is 12.0. The Morgan fingerprint density at radius 2 is 2.00 bits per heavy atom. The number of carbonyl (C=O) groups is 1. The van der Waals surface area contributed by atoms with Crippen LogP contribution >= 0.6 is 0 Å². The van der Waals surface area contributed by atoms with Gasteiger partial charge in [0.05, 0.1) is 0 Å². The van der Waals surface area contributed by atoms with Crippen molar-refractivity contribution in [1.29, 1.82) is 0 Å². The predicted octanol–water partition coefficient (Wildman–Crippen LogP) is 1.97. The van der Waals surface area contributed by atoms with E-state index in [2.05, 4.69) is 5.32 Å². The summed E-state index contributed by atoms with van der Waals surface area (Å²) in [6, 6.07) is 0. The molecule has 4 nitrogen and oxygen atoms in total. The maximum absolute atomic E-state index is 11.8. The van der Waals surface area contributed by atoms with Gasteiger partial charge in [-0.25, -0.2) is 0 Å². The van der Waals surface area contributed by atoms with Crippen LogP contribution in [0.15, 0.2) is 0 Å². The van der Waals surface area contributed by atoms with Gasteiger partial charge in [-0.1, -0.05) is 19.3 Å². The van der Waals surface area contributed by atoms with Crippen LogP contribution < -0.4 is 11.1 Å². The maximum Gasteiger partial charge on any atom is 0.221 e. The highest BCUT2D eigenvalue weighted by Crippen LogP contribution is 2.29. The molecule has 0 aromatic heterocycles. The summed E-state index contributed by atoms with van der Waals surface area (Å²) < 4.78 is 5.53. The quantitative estimate of drug-likeness (QED) is 0.662. The van der Waals surface area contributed by atoms with E-state index in [0.29, 0.717) is 13.0 Å². The molecule has 2 saturated carbocycles. The Morgan fingerprint density at radius 3 is 2.68 bits per heavy atom. The fourth-order valence-corrected chi connectivity index (χ4v) is 2.75. The van der Waals surface area contributed by atoms with Crippen molar-refractivity contribution in [3.8, 4) is 0 Å². The van der Waals surface area contributed by atoms with Crippen molar-refractivity contribution in [2.75, 3.05) is 19.8 Å². The third kappa shape index (κ3) is 5.91. The van der Waals surface area contributed by atoms with E-state index in [1.807, 2.05) is 0 Å². The molecule has 0 heterocycles. The molecule has 0 aliphatic heterocycles. The molecule has 3 N–H and O–H groups in total. The van der Waals surface area contributed by atoms with Gasteiger partial charge in [0.25, 0.3) is 0 Å². The molecular formula is C15H28N2O2. The summed E-state index contributed by atoms with van der Waals surface area (Å²) in [6.07, 6.45) is 9.61. The Morgan fingerprint density at radius 1 is 1.26 bits per heavy atom. The van der Waals surface area contributed by atoms with E-state index in [-0.39, 0.29) is 11.4 Å². The molecule has 0 aromatic rings. The summed E-state index contributed by atoms with van der Waals surface area (Å²) >= 11 is 0. The number of nitrogens with two attached hydrogens (primary N) is 1. The van der Waals surface area contributed by atoms with Gasteiger partial charge in [0.1, 0.15) is 0 Å². The molecule has 0 saturated heterocycles. The normalized spacial score (nSPS) is 22.2. The molecule has 2 aliphatic rings. The maximum atomic E-state index is 11.8. The van der Waals surface area contributed by atoms with E-state index in [1.165, 1.54) is 32.1 Å². The highest BCUT2D eigenvalue weighted by molar-refractivity contribution is 5.77.